The molecule has 112 valence electrons. The molecule has 1 atom stereocenters. The molecular formula is C16H25ClN2O. The van der Waals surface area contributed by atoms with Crippen molar-refractivity contribution in [1.82, 2.24) is 5.32 Å². The Morgan fingerprint density at radius 1 is 1.40 bits per heavy atom. The summed E-state index contributed by atoms with van der Waals surface area (Å²) < 4.78 is 0. The average molecular weight is 297 g/mol. The molecule has 0 aromatic heterocycles. The van der Waals surface area contributed by atoms with E-state index in [0.717, 1.165) is 19.3 Å². The Bertz CT molecular complexity index is 460. The number of nitrogens with two attached hydrogens (primary N) is 1. The molecule has 4 heteroatoms. The third-order valence-electron chi connectivity index (χ3n) is 4.07. The smallest absolute Gasteiger partial charge is 0.220 e. The van der Waals surface area contributed by atoms with E-state index in [4.69, 9.17) is 5.73 Å². The summed E-state index contributed by atoms with van der Waals surface area (Å²) in [6, 6.07) is 8.63. The van der Waals surface area contributed by atoms with Crippen LogP contribution in [0.5, 0.6) is 0 Å². The number of hydrogen-bond donors (Lipinski definition) is 2. The molecule has 1 aliphatic carbocycles. The first-order valence-corrected chi connectivity index (χ1v) is 7.13. The highest BCUT2D eigenvalue weighted by Crippen LogP contribution is 2.41. The molecule has 0 radical (unpaired) electrons. The average Bonchev–Trinajstić information content (AvgIpc) is 2.40. The first-order valence-electron chi connectivity index (χ1n) is 7.13. The molecule has 1 unspecified atom stereocenters. The van der Waals surface area contributed by atoms with Gasteiger partial charge >= 0.3 is 0 Å². The van der Waals surface area contributed by atoms with Crippen LogP contribution in [0.4, 0.5) is 0 Å². The summed E-state index contributed by atoms with van der Waals surface area (Å²) in [5, 5.41) is 3.15. The molecule has 0 heterocycles. The molecule has 2 rings (SSSR count). The predicted octanol–water partition coefficient (Wildman–Crippen LogP) is 3.08. The number of halogens is 1. The van der Waals surface area contributed by atoms with E-state index in [-0.39, 0.29) is 29.8 Å². The summed E-state index contributed by atoms with van der Waals surface area (Å²) in [6.07, 6.45) is 3.40. The number of carbonyl (C=O) groups excluding carboxylic acids is 1. The van der Waals surface area contributed by atoms with Gasteiger partial charge in [0.2, 0.25) is 5.91 Å². The molecule has 1 amide bonds. The number of carbonyl (C=O) groups is 1. The van der Waals surface area contributed by atoms with Crippen molar-refractivity contribution >= 4 is 18.3 Å². The lowest BCUT2D eigenvalue weighted by molar-refractivity contribution is -0.122. The maximum atomic E-state index is 11.9. The number of fused-ring (bicyclic) bond motifs is 1. The molecule has 1 aliphatic rings. The van der Waals surface area contributed by atoms with Crippen LogP contribution in [0.2, 0.25) is 0 Å². The third-order valence-corrected chi connectivity index (χ3v) is 4.07. The van der Waals surface area contributed by atoms with Crippen molar-refractivity contribution in [3.05, 3.63) is 35.4 Å². The summed E-state index contributed by atoms with van der Waals surface area (Å²) in [7, 11) is 0. The van der Waals surface area contributed by atoms with Crippen molar-refractivity contribution in [2.24, 2.45) is 5.73 Å². The number of benzene rings is 1. The zero-order valence-electron chi connectivity index (χ0n) is 12.3. The third kappa shape index (κ3) is 3.74. The standard InChI is InChI=1S/C16H24N2O.ClH/c1-16(2)10-9-14(18-15(19)8-5-11-17)12-6-3-4-7-13(12)16;/h3-4,6-7,14H,5,8-11,17H2,1-2H3,(H,18,19);1H. The topological polar surface area (TPSA) is 55.1 Å². The summed E-state index contributed by atoms with van der Waals surface area (Å²) in [5.41, 5.74) is 8.29. The van der Waals surface area contributed by atoms with Crippen molar-refractivity contribution < 1.29 is 4.79 Å². The van der Waals surface area contributed by atoms with Gasteiger partial charge in [-0.2, -0.15) is 0 Å². The van der Waals surface area contributed by atoms with Crippen LogP contribution in [-0.2, 0) is 10.2 Å². The Kier molecular flexibility index (Phi) is 6.03. The van der Waals surface area contributed by atoms with E-state index < -0.39 is 0 Å². The van der Waals surface area contributed by atoms with Crippen molar-refractivity contribution in [3.63, 3.8) is 0 Å². The fourth-order valence-electron chi connectivity index (χ4n) is 2.89. The quantitative estimate of drug-likeness (QED) is 0.897. The van der Waals surface area contributed by atoms with Gasteiger partial charge in [-0.05, 0) is 42.3 Å². The Hall–Kier alpha value is -1.06. The summed E-state index contributed by atoms with van der Waals surface area (Å²) >= 11 is 0. The zero-order chi connectivity index (χ0) is 13.9. The predicted molar refractivity (Wildman–Crippen MR) is 85.1 cm³/mol. The van der Waals surface area contributed by atoms with Crippen LogP contribution in [0.25, 0.3) is 0 Å². The van der Waals surface area contributed by atoms with Gasteiger partial charge in [-0.15, -0.1) is 12.4 Å². The van der Waals surface area contributed by atoms with Gasteiger partial charge in [0.05, 0.1) is 6.04 Å². The second-order valence-electron chi connectivity index (χ2n) is 6.02. The lowest BCUT2D eigenvalue weighted by Crippen LogP contribution is -2.35. The van der Waals surface area contributed by atoms with Crippen molar-refractivity contribution in [2.45, 2.75) is 51.0 Å². The Balaban J connectivity index is 0.00000200. The summed E-state index contributed by atoms with van der Waals surface area (Å²) in [4.78, 5) is 11.9. The summed E-state index contributed by atoms with van der Waals surface area (Å²) in [5.74, 6) is 0.116. The minimum Gasteiger partial charge on any atom is -0.349 e. The maximum absolute atomic E-state index is 11.9. The van der Waals surface area contributed by atoms with Crippen LogP contribution in [0, 0.1) is 0 Å². The molecule has 1 aromatic carbocycles. The number of rotatable bonds is 4. The maximum Gasteiger partial charge on any atom is 0.220 e. The number of nitrogens with one attached hydrogen (secondary N) is 1. The monoisotopic (exact) mass is 296 g/mol. The van der Waals surface area contributed by atoms with Crippen LogP contribution >= 0.6 is 12.4 Å². The van der Waals surface area contributed by atoms with Crippen LogP contribution in [0.3, 0.4) is 0 Å². The van der Waals surface area contributed by atoms with E-state index >= 15 is 0 Å². The normalized spacial score (nSPS) is 19.6. The van der Waals surface area contributed by atoms with E-state index in [0.29, 0.717) is 13.0 Å². The Labute approximate surface area is 127 Å². The van der Waals surface area contributed by atoms with Crippen molar-refractivity contribution in [3.8, 4) is 0 Å². The number of hydrogen-bond acceptors (Lipinski definition) is 2. The fraction of sp³-hybridized carbons (Fsp3) is 0.562. The zero-order valence-corrected chi connectivity index (χ0v) is 13.1. The van der Waals surface area contributed by atoms with Crippen LogP contribution in [0.1, 0.15) is 56.7 Å². The van der Waals surface area contributed by atoms with Crippen LogP contribution in [-0.4, -0.2) is 12.5 Å². The van der Waals surface area contributed by atoms with Crippen LogP contribution < -0.4 is 11.1 Å². The Morgan fingerprint density at radius 2 is 2.10 bits per heavy atom. The summed E-state index contributed by atoms with van der Waals surface area (Å²) in [6.45, 7) is 5.12. The minimum absolute atomic E-state index is 0. The molecule has 3 nitrogen and oxygen atoms in total. The lowest BCUT2D eigenvalue weighted by atomic mass is 9.71. The van der Waals surface area contributed by atoms with Crippen molar-refractivity contribution in [1.29, 1.82) is 0 Å². The van der Waals surface area contributed by atoms with Gasteiger partial charge in [-0.3, -0.25) is 4.79 Å². The van der Waals surface area contributed by atoms with Gasteiger partial charge in [-0.25, -0.2) is 0 Å². The minimum atomic E-state index is 0. The molecule has 0 saturated heterocycles. The van der Waals surface area contributed by atoms with Gasteiger partial charge in [0.1, 0.15) is 0 Å². The second-order valence-corrected chi connectivity index (χ2v) is 6.02. The highest BCUT2D eigenvalue weighted by atomic mass is 35.5. The van der Waals surface area contributed by atoms with E-state index in [1.807, 2.05) is 0 Å². The molecule has 0 fully saturated rings. The SMILES string of the molecule is CC1(C)CCC(NC(=O)CCCN)c2ccccc21.Cl. The van der Waals surface area contributed by atoms with Crippen molar-refractivity contribution in [2.75, 3.05) is 6.54 Å². The first-order chi connectivity index (χ1) is 9.04. The highest BCUT2D eigenvalue weighted by Gasteiger charge is 2.32. The molecule has 0 aliphatic heterocycles. The van der Waals surface area contributed by atoms with Gasteiger partial charge in [0.25, 0.3) is 0 Å². The Morgan fingerprint density at radius 3 is 2.80 bits per heavy atom. The van der Waals surface area contributed by atoms with E-state index in [1.54, 1.807) is 0 Å². The van der Waals surface area contributed by atoms with Gasteiger partial charge in [0, 0.05) is 6.42 Å². The van der Waals surface area contributed by atoms with Gasteiger partial charge in [0.15, 0.2) is 0 Å². The molecular weight excluding hydrogens is 272 g/mol. The van der Waals surface area contributed by atoms with E-state index in [9.17, 15) is 4.79 Å². The molecule has 0 bridgehead atoms. The first kappa shape index (κ1) is 17.0. The molecule has 0 spiro atoms. The van der Waals surface area contributed by atoms with Gasteiger partial charge < -0.3 is 11.1 Å². The molecule has 1 aromatic rings. The second kappa shape index (κ2) is 7.09. The fourth-order valence-corrected chi connectivity index (χ4v) is 2.89. The van der Waals surface area contributed by atoms with Crippen LogP contribution in [0.15, 0.2) is 24.3 Å². The molecule has 0 saturated carbocycles. The van der Waals surface area contributed by atoms with E-state index in [2.05, 4.69) is 43.4 Å². The number of amides is 1. The molecule has 20 heavy (non-hydrogen) atoms. The molecule has 3 N–H and O–H groups in total. The largest absolute Gasteiger partial charge is 0.349 e. The lowest BCUT2D eigenvalue weighted by Gasteiger charge is -2.37. The highest BCUT2D eigenvalue weighted by molar-refractivity contribution is 5.85. The van der Waals surface area contributed by atoms with Gasteiger partial charge in [-0.1, -0.05) is 38.1 Å². The van der Waals surface area contributed by atoms with E-state index in [1.165, 1.54) is 11.1 Å².